The highest BCUT2D eigenvalue weighted by molar-refractivity contribution is 5.72. The number of carbonyl (C=O) groups excluding carboxylic acids is 1. The Morgan fingerprint density at radius 2 is 2.03 bits per heavy atom. The largest absolute Gasteiger partial charge is 0.468 e. The number of nitrogens with zero attached hydrogens (tertiary/aromatic N) is 3. The zero-order chi connectivity index (χ0) is 28.0. The summed E-state index contributed by atoms with van der Waals surface area (Å²) < 4.78 is 49.5. The third-order valence-corrected chi connectivity index (χ3v) is 6.43. The van der Waals surface area contributed by atoms with Crippen molar-refractivity contribution in [2.24, 2.45) is 5.92 Å². The number of nitrogens with one attached hydrogen (secondary N) is 1. The van der Waals surface area contributed by atoms with Crippen molar-refractivity contribution in [2.45, 2.75) is 78.5 Å². The summed E-state index contributed by atoms with van der Waals surface area (Å²) in [6.07, 6.45) is 2.44. The molecule has 0 fully saturated rings. The van der Waals surface area contributed by atoms with Gasteiger partial charge < -0.3 is 14.8 Å². The number of unbranched alkanes of at least 4 members (excludes halogenated alkanes) is 2. The van der Waals surface area contributed by atoms with Crippen LogP contribution in [0, 0.1) is 17.2 Å². The maximum Gasteiger partial charge on any atom is 0.416 e. The van der Waals surface area contributed by atoms with E-state index in [9.17, 15) is 23.2 Å². The van der Waals surface area contributed by atoms with Crippen molar-refractivity contribution in [1.29, 1.82) is 5.26 Å². The number of fused-ring (bicyclic) bond motifs is 3. The first-order valence-corrected chi connectivity index (χ1v) is 13.2. The van der Waals surface area contributed by atoms with E-state index in [0.29, 0.717) is 78.8 Å². The molecule has 208 valence electrons. The second-order valence-corrected chi connectivity index (χ2v) is 9.09. The fourth-order valence-corrected chi connectivity index (χ4v) is 4.27. The summed E-state index contributed by atoms with van der Waals surface area (Å²) in [5.74, 6) is 0.920. The van der Waals surface area contributed by atoms with Crippen LogP contribution >= 0.6 is 0 Å². The van der Waals surface area contributed by atoms with Gasteiger partial charge in [0.25, 0.3) is 6.47 Å². The van der Waals surface area contributed by atoms with Crippen LogP contribution in [0.5, 0.6) is 0 Å². The van der Waals surface area contributed by atoms with E-state index in [-0.39, 0.29) is 6.61 Å². The molecule has 2 heterocycles. The van der Waals surface area contributed by atoms with Crippen molar-refractivity contribution in [2.75, 3.05) is 25.1 Å². The monoisotopic (exact) mass is 534 g/mol. The highest BCUT2D eigenvalue weighted by Crippen LogP contribution is 2.36. The van der Waals surface area contributed by atoms with Crippen LogP contribution in [0.1, 0.15) is 81.5 Å². The van der Waals surface area contributed by atoms with Crippen molar-refractivity contribution in [3.05, 3.63) is 40.5 Å². The number of alkyl halides is 3. The standard InChI is InChI=1S/C25H31F3N4O.C3H6O2/c1-3-5-6-8-17(4-2)15-30-24-22(14-29)21-9-7-12-33-16-18-13-19(25(26,27)28)10-11-20(18)23(21)31-32-24;1-2-5-3-4/h10-11,13,17H,3-9,12,15-16H2,1-2H3,(H,30,32);3H,2H2,1H3. The molecule has 0 amide bonds. The van der Waals surface area contributed by atoms with Gasteiger partial charge in [-0.15, -0.1) is 10.2 Å². The molecule has 2 aromatic rings. The van der Waals surface area contributed by atoms with Crippen LogP contribution in [0.15, 0.2) is 18.2 Å². The van der Waals surface area contributed by atoms with Gasteiger partial charge in [0.15, 0.2) is 5.82 Å². The predicted octanol–water partition coefficient (Wildman–Crippen LogP) is 6.69. The van der Waals surface area contributed by atoms with Crippen LogP contribution in [-0.4, -0.2) is 36.4 Å². The van der Waals surface area contributed by atoms with Gasteiger partial charge in [0.2, 0.25) is 0 Å². The molecule has 7 nitrogen and oxygen atoms in total. The molecular weight excluding hydrogens is 497 g/mol. The van der Waals surface area contributed by atoms with Gasteiger partial charge in [-0.1, -0.05) is 45.6 Å². The minimum atomic E-state index is -4.44. The molecule has 0 saturated carbocycles. The van der Waals surface area contributed by atoms with E-state index in [0.717, 1.165) is 25.0 Å². The lowest BCUT2D eigenvalue weighted by Gasteiger charge is -2.18. The molecule has 1 atom stereocenters. The Bertz CT molecular complexity index is 1070. The number of anilines is 1. The Balaban J connectivity index is 0.000000926. The van der Waals surface area contributed by atoms with Gasteiger partial charge >= 0.3 is 6.18 Å². The fourth-order valence-electron chi connectivity index (χ4n) is 4.27. The van der Waals surface area contributed by atoms with Crippen LogP contribution in [0.3, 0.4) is 0 Å². The van der Waals surface area contributed by atoms with Crippen molar-refractivity contribution in [3.8, 4) is 17.3 Å². The number of rotatable bonds is 10. The molecule has 1 unspecified atom stereocenters. The number of halogens is 3. The van der Waals surface area contributed by atoms with E-state index in [1.165, 1.54) is 25.3 Å². The quantitative estimate of drug-likeness (QED) is 0.268. The Hall–Kier alpha value is -3.19. The topological polar surface area (TPSA) is 97.1 Å². The maximum atomic E-state index is 13.2. The molecule has 0 bridgehead atoms. The Morgan fingerprint density at radius 1 is 1.24 bits per heavy atom. The SMILES string of the molecule is CCCCCC(CC)CNc1nnc2c(c1C#N)CCCOCc1cc(C(F)(F)F)ccc1-2.CCOC=O. The first kappa shape index (κ1) is 31.0. The minimum absolute atomic E-state index is 0.0538. The first-order chi connectivity index (χ1) is 18.3. The highest BCUT2D eigenvalue weighted by atomic mass is 19.4. The molecule has 1 aliphatic rings. The van der Waals surface area contributed by atoms with Crippen LogP contribution in [0.2, 0.25) is 0 Å². The van der Waals surface area contributed by atoms with E-state index < -0.39 is 11.7 Å². The summed E-state index contributed by atoms with van der Waals surface area (Å²) in [6.45, 7) is 8.15. The molecule has 1 aromatic heterocycles. The van der Waals surface area contributed by atoms with Crippen LogP contribution in [0.4, 0.5) is 19.0 Å². The summed E-state index contributed by atoms with van der Waals surface area (Å²) in [5, 5.41) is 22.0. The van der Waals surface area contributed by atoms with Gasteiger partial charge in [0, 0.05) is 24.3 Å². The van der Waals surface area contributed by atoms with Gasteiger partial charge in [-0.25, -0.2) is 0 Å². The molecule has 3 rings (SSSR count). The minimum Gasteiger partial charge on any atom is -0.468 e. The first-order valence-electron chi connectivity index (χ1n) is 13.2. The van der Waals surface area contributed by atoms with Crippen molar-refractivity contribution >= 4 is 12.3 Å². The Labute approximate surface area is 222 Å². The Kier molecular flexibility index (Phi) is 13.0. The average Bonchev–Trinajstić information content (AvgIpc) is 2.99. The summed E-state index contributed by atoms with van der Waals surface area (Å²) >= 11 is 0. The average molecular weight is 535 g/mol. The number of aromatic nitrogens is 2. The summed E-state index contributed by atoms with van der Waals surface area (Å²) in [7, 11) is 0. The summed E-state index contributed by atoms with van der Waals surface area (Å²) in [6, 6.07) is 5.83. The van der Waals surface area contributed by atoms with Crippen LogP contribution < -0.4 is 5.32 Å². The van der Waals surface area contributed by atoms with E-state index in [4.69, 9.17) is 4.74 Å². The van der Waals surface area contributed by atoms with Crippen molar-refractivity contribution in [3.63, 3.8) is 0 Å². The zero-order valence-electron chi connectivity index (χ0n) is 22.4. The molecular formula is C28H37F3N4O3. The Morgan fingerprint density at radius 3 is 2.63 bits per heavy atom. The molecule has 1 aliphatic heterocycles. The molecule has 0 spiro atoms. The number of carbonyl (C=O) groups is 1. The number of ether oxygens (including phenoxy) is 2. The third-order valence-electron chi connectivity index (χ3n) is 6.43. The second-order valence-electron chi connectivity index (χ2n) is 9.09. The number of hydrogen-bond donors (Lipinski definition) is 1. The van der Waals surface area contributed by atoms with Gasteiger partial charge in [-0.3, -0.25) is 4.79 Å². The van der Waals surface area contributed by atoms with Crippen LogP contribution in [-0.2, 0) is 33.5 Å². The van der Waals surface area contributed by atoms with E-state index in [1.807, 2.05) is 0 Å². The van der Waals surface area contributed by atoms with Crippen LogP contribution in [0.25, 0.3) is 11.3 Å². The lowest BCUT2D eigenvalue weighted by atomic mass is 9.94. The summed E-state index contributed by atoms with van der Waals surface area (Å²) in [4.78, 5) is 9.18. The van der Waals surface area contributed by atoms with E-state index >= 15 is 0 Å². The van der Waals surface area contributed by atoms with Crippen molar-refractivity contribution < 1.29 is 27.4 Å². The summed E-state index contributed by atoms with van der Waals surface area (Å²) in [5.41, 5.74) is 1.78. The molecule has 38 heavy (non-hydrogen) atoms. The molecule has 0 aliphatic carbocycles. The third kappa shape index (κ3) is 8.98. The smallest absolute Gasteiger partial charge is 0.416 e. The van der Waals surface area contributed by atoms with Gasteiger partial charge in [0.1, 0.15) is 11.6 Å². The highest BCUT2D eigenvalue weighted by Gasteiger charge is 2.32. The number of nitriles is 1. The number of hydrogen-bond acceptors (Lipinski definition) is 7. The van der Waals surface area contributed by atoms with Gasteiger partial charge in [-0.2, -0.15) is 18.4 Å². The van der Waals surface area contributed by atoms with Crippen molar-refractivity contribution in [1.82, 2.24) is 10.2 Å². The maximum absolute atomic E-state index is 13.2. The van der Waals surface area contributed by atoms with Gasteiger partial charge in [0.05, 0.1) is 24.5 Å². The fraction of sp³-hybridized carbons (Fsp3) is 0.571. The predicted molar refractivity (Wildman–Crippen MR) is 139 cm³/mol. The number of benzene rings is 1. The second kappa shape index (κ2) is 15.9. The lowest BCUT2D eigenvalue weighted by molar-refractivity contribution is -0.137. The van der Waals surface area contributed by atoms with Gasteiger partial charge in [-0.05, 0) is 49.8 Å². The zero-order valence-corrected chi connectivity index (χ0v) is 22.4. The molecule has 1 aromatic carbocycles. The molecule has 1 N–H and O–H groups in total. The van der Waals surface area contributed by atoms with E-state index in [2.05, 4.69) is 40.2 Å². The molecule has 10 heteroatoms. The van der Waals surface area contributed by atoms with E-state index in [1.54, 1.807) is 6.92 Å². The molecule has 0 radical (unpaired) electrons. The molecule has 0 saturated heterocycles. The normalized spacial score (nSPS) is 13.7. The lowest BCUT2D eigenvalue weighted by Crippen LogP contribution is -2.17.